The summed E-state index contributed by atoms with van der Waals surface area (Å²) in [7, 11) is -2.26. The van der Waals surface area contributed by atoms with Gasteiger partial charge in [-0.1, -0.05) is 27.7 Å². The molecule has 0 saturated carbocycles. The molecule has 0 aromatic carbocycles. The summed E-state index contributed by atoms with van der Waals surface area (Å²) in [5.41, 5.74) is -0.897. The molecule has 0 bridgehead atoms. The lowest BCUT2D eigenvalue weighted by Gasteiger charge is -2.45. The first kappa shape index (κ1) is 68.5. The second-order valence-corrected chi connectivity index (χ2v) is 23.0. The molecule has 2 aliphatic heterocycles. The molecule has 71 heavy (non-hydrogen) atoms. The van der Waals surface area contributed by atoms with Crippen LogP contribution in [0.1, 0.15) is 154 Å². The number of ether oxygens (including phenoxy) is 2. The van der Waals surface area contributed by atoms with E-state index < -0.39 is 58.0 Å². The molecule has 3 N–H and O–H groups in total. The molecule has 3 unspecified atom stereocenters. The van der Waals surface area contributed by atoms with E-state index in [1.807, 2.05) is 13.8 Å². The highest BCUT2D eigenvalue weighted by Gasteiger charge is 2.43. The lowest BCUT2D eigenvalue weighted by molar-refractivity contribution is -0.0431. The number of nitriles is 1. The third-order valence-electron chi connectivity index (χ3n) is 11.3. The van der Waals surface area contributed by atoms with E-state index in [1.54, 1.807) is 13.8 Å². The van der Waals surface area contributed by atoms with Crippen molar-refractivity contribution < 1.29 is 28.2 Å². The van der Waals surface area contributed by atoms with Crippen molar-refractivity contribution in [3.8, 4) is 6.07 Å². The van der Waals surface area contributed by atoms with Crippen LogP contribution in [0.15, 0.2) is 31.6 Å². The maximum atomic E-state index is 12.4. The number of aromatic nitrogens is 4. The molecule has 4 rings (SSSR count). The first-order chi connectivity index (χ1) is 32.2. The average molecular weight is 1080 g/mol. The van der Waals surface area contributed by atoms with Gasteiger partial charge in [-0.3, -0.25) is 28.7 Å². The van der Waals surface area contributed by atoms with Gasteiger partial charge in [0.25, 0.3) is 19.6 Å². The average Bonchev–Trinajstić information content (AvgIpc) is 3.84. The summed E-state index contributed by atoms with van der Waals surface area (Å²) in [5, 5.41) is 18.6. The molecule has 2 fully saturated rings. The zero-order valence-electron chi connectivity index (χ0n) is 45.6. The molecule has 2 aliphatic rings. The predicted octanol–water partition coefficient (Wildman–Crippen LogP) is 8.21. The Hall–Kier alpha value is -2.46. The summed E-state index contributed by atoms with van der Waals surface area (Å²) in [5.74, 6) is 0.325. The molecule has 0 spiro atoms. The summed E-state index contributed by atoms with van der Waals surface area (Å²) >= 11 is 0. The normalized spacial score (nSPS) is 20.5. The van der Waals surface area contributed by atoms with Gasteiger partial charge in [-0.2, -0.15) is 32.3 Å². The zero-order valence-corrected chi connectivity index (χ0v) is 49.4. The van der Waals surface area contributed by atoms with Crippen molar-refractivity contribution in [1.29, 1.82) is 5.26 Å². The fraction of sp³-hybridized carbons (Fsp3) is 0.792. The van der Waals surface area contributed by atoms with Gasteiger partial charge in [0.1, 0.15) is 19.1 Å². The number of rotatable bonds is 21. The highest BCUT2D eigenvalue weighted by Crippen LogP contribution is 2.52. The highest BCUT2D eigenvalue weighted by molar-refractivity contribution is 7.59. The number of aliphatic hydroxyl groups excluding tert-OH is 1. The number of hydrogen-bond donors (Lipinski definition) is 3. The van der Waals surface area contributed by atoms with Crippen molar-refractivity contribution >= 4 is 44.0 Å². The van der Waals surface area contributed by atoms with Crippen molar-refractivity contribution in [2.45, 2.75) is 217 Å². The van der Waals surface area contributed by atoms with E-state index in [2.05, 4.69) is 132 Å². The van der Waals surface area contributed by atoms with Crippen molar-refractivity contribution in [2.75, 3.05) is 19.8 Å². The molecule has 7 atom stereocenters. The fourth-order valence-electron chi connectivity index (χ4n) is 8.39. The van der Waals surface area contributed by atoms with Crippen molar-refractivity contribution in [1.82, 2.24) is 33.1 Å². The van der Waals surface area contributed by atoms with E-state index in [0.29, 0.717) is 67.8 Å². The van der Waals surface area contributed by atoms with Crippen LogP contribution in [-0.2, 0) is 23.0 Å². The Bertz CT molecular complexity index is 2150. The van der Waals surface area contributed by atoms with Gasteiger partial charge in [0.2, 0.25) is 6.54 Å². The second-order valence-electron chi connectivity index (χ2n) is 19.9. The number of nitrogens with zero attached hydrogens (tertiary/aromatic N) is 7. The van der Waals surface area contributed by atoms with Crippen molar-refractivity contribution in [2.24, 2.45) is 11.8 Å². The quantitative estimate of drug-likeness (QED) is 0.0611. The minimum atomic E-state index is -1.42. The summed E-state index contributed by atoms with van der Waals surface area (Å²) in [6.07, 6.45) is 1.83. The smallest absolute Gasteiger partial charge is 0.330 e. The van der Waals surface area contributed by atoms with Crippen LogP contribution in [0.5, 0.6) is 0 Å². The lowest BCUT2D eigenvalue weighted by Crippen LogP contribution is -2.43. The largest absolute Gasteiger partial charge is 0.390 e. The van der Waals surface area contributed by atoms with Gasteiger partial charge in [0.05, 0.1) is 43.5 Å². The molecule has 2 saturated heterocycles. The molecule has 0 radical (unpaired) electrons. The van der Waals surface area contributed by atoms with E-state index >= 15 is 0 Å². The molecular formula is C48H89N9O10P2S2. The fourth-order valence-corrected chi connectivity index (χ4v) is 12.5. The number of aliphatic hydroxyl groups is 1. The number of nitrogens with one attached hydrogen (secondary N) is 2. The third-order valence-corrected chi connectivity index (χ3v) is 16.5. The van der Waals surface area contributed by atoms with Gasteiger partial charge in [-0.05, 0) is 109 Å². The SMILES string of the molecule is CC(C)N(C(C)C)P(OCCC#N)N(C(C)C)C(C)C.Cc1cn([C@H]2CC(O)[C@@H](C(C)C)O2)c(=O)[nH]c1=O.S.S.[C-]#[N+]CCOP(OC1C[C@H](n2cc(C)c(=O)[nH]c2=O)O[C@@H]1C(C)C)N(C(C)C)C(C)C. The van der Waals surface area contributed by atoms with Gasteiger partial charge in [-0.15, -0.1) is 0 Å². The van der Waals surface area contributed by atoms with E-state index in [-0.39, 0.29) is 75.8 Å². The lowest BCUT2D eigenvalue weighted by atomic mass is 10.0. The Morgan fingerprint density at radius 1 is 0.704 bits per heavy atom. The Morgan fingerprint density at radius 2 is 1.11 bits per heavy atom. The molecule has 19 nitrogen and oxygen atoms in total. The molecule has 4 heterocycles. The van der Waals surface area contributed by atoms with Crippen molar-refractivity contribution in [3.63, 3.8) is 0 Å². The Kier molecular flexibility index (Phi) is 31.6. The maximum absolute atomic E-state index is 12.4. The van der Waals surface area contributed by atoms with Crippen LogP contribution in [-0.4, -0.2) is 119 Å². The van der Waals surface area contributed by atoms with Gasteiger partial charge in [0, 0.05) is 72.6 Å². The number of aromatic amines is 2. The standard InChI is InChI=1S/C21H35N4O5P.C15H32N3OP.C12H18N2O4.2H2S/c1-13(2)19-17(11-18(29-19)24-12-16(7)20(26)23-21(24)27)30-31(28-10-9-22-8)25(14(3)4)15(5)6;1-12(2)17(13(3)4)20(19-11-9-10-16)18(14(5)6)15(7)8;1-6(2)10-8(15)4-9(18-10)14-5-7(3)11(16)13-12(14)17;;/h12-15,17-19H,9-11H2,1-7H3,(H,23,26,27);12-15H,9,11H2,1-8H3;5-6,8-10,15H,4H2,1-3H3,(H,13,16,17);2*1H2/t17?,18-,19-,31?;;8?,9-,10-;;/m1.1../s1. The first-order valence-corrected chi connectivity index (χ1v) is 26.7. The third kappa shape index (κ3) is 20.3. The molecule has 0 amide bonds. The van der Waals surface area contributed by atoms with Crippen LogP contribution in [0.3, 0.4) is 0 Å². The van der Waals surface area contributed by atoms with Crippen LogP contribution in [0.2, 0.25) is 0 Å². The maximum Gasteiger partial charge on any atom is 0.330 e. The molecule has 408 valence electrons. The van der Waals surface area contributed by atoms with Crippen LogP contribution < -0.4 is 22.5 Å². The minimum Gasteiger partial charge on any atom is -0.390 e. The van der Waals surface area contributed by atoms with Crippen molar-refractivity contribution in [3.05, 3.63) is 76.6 Å². The van der Waals surface area contributed by atoms with Crippen LogP contribution in [0.25, 0.3) is 4.85 Å². The molecule has 2 aromatic heterocycles. The number of hydrogen-bond acceptors (Lipinski definition) is 14. The van der Waals surface area contributed by atoms with Gasteiger partial charge >= 0.3 is 11.4 Å². The summed E-state index contributed by atoms with van der Waals surface area (Å²) in [6.45, 7) is 45.4. The van der Waals surface area contributed by atoms with E-state index in [4.69, 9.17) is 34.9 Å². The van der Waals surface area contributed by atoms with Crippen LogP contribution in [0.4, 0.5) is 0 Å². The van der Waals surface area contributed by atoms with Crippen LogP contribution >= 0.6 is 44.0 Å². The molecule has 23 heteroatoms. The first-order valence-electron chi connectivity index (χ1n) is 24.4. The predicted molar refractivity (Wildman–Crippen MR) is 294 cm³/mol. The Balaban J connectivity index is 0.00000107. The van der Waals surface area contributed by atoms with Gasteiger partial charge in [-0.25, -0.2) is 30.2 Å². The zero-order chi connectivity index (χ0) is 52.6. The molecule has 0 aliphatic carbocycles. The van der Waals surface area contributed by atoms with Gasteiger partial charge < -0.3 is 33.0 Å². The van der Waals surface area contributed by atoms with E-state index in [9.17, 15) is 24.3 Å². The monoisotopic (exact) mass is 1080 g/mol. The topological polar surface area (TPSA) is 214 Å². The van der Waals surface area contributed by atoms with E-state index in [1.165, 1.54) is 21.5 Å². The van der Waals surface area contributed by atoms with E-state index in [0.717, 1.165) is 0 Å². The molecular weight excluding hydrogens is 989 g/mol. The van der Waals surface area contributed by atoms with Crippen LogP contribution in [0, 0.1) is 43.6 Å². The Morgan fingerprint density at radius 3 is 1.48 bits per heavy atom. The molecule has 2 aromatic rings. The summed E-state index contributed by atoms with van der Waals surface area (Å²) in [4.78, 5) is 55.1. The minimum absolute atomic E-state index is 0. The number of H-pyrrole nitrogens is 2. The Labute approximate surface area is 439 Å². The number of aryl methyl sites for hydroxylation is 2. The summed E-state index contributed by atoms with van der Waals surface area (Å²) in [6, 6.07) is 4.23. The second kappa shape index (κ2) is 32.8. The summed E-state index contributed by atoms with van der Waals surface area (Å²) < 4.78 is 40.4. The van der Waals surface area contributed by atoms with Gasteiger partial charge in [0.15, 0.2) is 8.45 Å². The highest BCUT2D eigenvalue weighted by atomic mass is 32.1.